The number of amides is 2. The Labute approximate surface area is 201 Å². The van der Waals surface area contributed by atoms with E-state index >= 15 is 0 Å². The Kier molecular flexibility index (Phi) is 10.8. The first-order chi connectivity index (χ1) is 15.3. The number of ether oxygens (including phenoxy) is 1. The average Bonchev–Trinajstić information content (AvgIpc) is 2.78. The van der Waals surface area contributed by atoms with Gasteiger partial charge in [-0.2, -0.15) is 0 Å². The molecule has 0 aliphatic rings. The predicted molar refractivity (Wildman–Crippen MR) is 130 cm³/mol. The van der Waals surface area contributed by atoms with Gasteiger partial charge in [-0.1, -0.05) is 55.2 Å². The second kappa shape index (κ2) is 13.3. The number of carbonyl (C=O) groups excluding carboxylic acids is 2. The van der Waals surface area contributed by atoms with E-state index < -0.39 is 6.04 Å². The van der Waals surface area contributed by atoms with Crippen molar-refractivity contribution in [2.45, 2.75) is 65.1 Å². The SMILES string of the molecule is CC[C@H](C(=O)N[C@@H](C)CC)N(Cc1ccccc1Cl)C(=O)CCCOc1ccc(Cl)cc1. The lowest BCUT2D eigenvalue weighted by Crippen LogP contribution is -2.50. The summed E-state index contributed by atoms with van der Waals surface area (Å²) in [5.74, 6) is 0.463. The van der Waals surface area contributed by atoms with Gasteiger partial charge in [-0.15, -0.1) is 0 Å². The molecule has 7 heteroatoms. The van der Waals surface area contributed by atoms with Crippen molar-refractivity contribution >= 4 is 35.0 Å². The summed E-state index contributed by atoms with van der Waals surface area (Å²) in [4.78, 5) is 27.8. The van der Waals surface area contributed by atoms with Crippen LogP contribution in [-0.2, 0) is 16.1 Å². The van der Waals surface area contributed by atoms with Crippen molar-refractivity contribution in [3.05, 3.63) is 64.1 Å². The normalized spacial score (nSPS) is 12.7. The number of nitrogens with one attached hydrogen (secondary N) is 1. The minimum Gasteiger partial charge on any atom is -0.494 e. The zero-order chi connectivity index (χ0) is 23.5. The molecule has 0 heterocycles. The third-order valence-electron chi connectivity index (χ3n) is 5.30. The van der Waals surface area contributed by atoms with E-state index in [1.165, 1.54) is 0 Å². The van der Waals surface area contributed by atoms with Crippen LogP contribution < -0.4 is 10.1 Å². The Morgan fingerprint density at radius 1 is 1.03 bits per heavy atom. The highest BCUT2D eigenvalue weighted by atomic mass is 35.5. The summed E-state index contributed by atoms with van der Waals surface area (Å²) in [6, 6.07) is 14.0. The van der Waals surface area contributed by atoms with E-state index in [0.717, 1.165) is 12.0 Å². The van der Waals surface area contributed by atoms with Crippen LogP contribution in [0.3, 0.4) is 0 Å². The number of hydrogen-bond acceptors (Lipinski definition) is 3. The largest absolute Gasteiger partial charge is 0.494 e. The molecule has 2 aromatic carbocycles. The smallest absolute Gasteiger partial charge is 0.243 e. The molecule has 1 N–H and O–H groups in total. The molecule has 5 nitrogen and oxygen atoms in total. The molecule has 0 aliphatic carbocycles. The first kappa shape index (κ1) is 26.0. The quantitative estimate of drug-likeness (QED) is 0.387. The first-order valence-electron chi connectivity index (χ1n) is 11.1. The summed E-state index contributed by atoms with van der Waals surface area (Å²) >= 11 is 12.2. The zero-order valence-electron chi connectivity index (χ0n) is 18.9. The Bertz CT molecular complexity index is 874. The number of rotatable bonds is 12. The van der Waals surface area contributed by atoms with Gasteiger partial charge < -0.3 is 15.0 Å². The molecule has 0 aromatic heterocycles. The molecule has 174 valence electrons. The maximum atomic E-state index is 13.2. The fourth-order valence-electron chi connectivity index (χ4n) is 3.26. The van der Waals surface area contributed by atoms with Gasteiger partial charge in [0.1, 0.15) is 11.8 Å². The predicted octanol–water partition coefficient (Wildman–Crippen LogP) is 5.87. The Morgan fingerprint density at radius 3 is 2.34 bits per heavy atom. The van der Waals surface area contributed by atoms with Crippen LogP contribution in [0.4, 0.5) is 0 Å². The monoisotopic (exact) mass is 478 g/mol. The lowest BCUT2D eigenvalue weighted by molar-refractivity contribution is -0.141. The number of nitrogens with zero attached hydrogens (tertiary/aromatic N) is 1. The maximum Gasteiger partial charge on any atom is 0.243 e. The highest BCUT2D eigenvalue weighted by Gasteiger charge is 2.29. The van der Waals surface area contributed by atoms with E-state index in [2.05, 4.69) is 5.32 Å². The summed E-state index contributed by atoms with van der Waals surface area (Å²) in [7, 11) is 0. The van der Waals surface area contributed by atoms with Gasteiger partial charge in [0.15, 0.2) is 0 Å². The van der Waals surface area contributed by atoms with Crippen molar-refractivity contribution in [3.8, 4) is 5.75 Å². The minimum atomic E-state index is -0.565. The molecular formula is C25H32Cl2N2O3. The van der Waals surface area contributed by atoms with Gasteiger partial charge in [0, 0.05) is 29.1 Å². The second-order valence-electron chi connectivity index (χ2n) is 7.76. The van der Waals surface area contributed by atoms with Gasteiger partial charge in [0.05, 0.1) is 6.61 Å². The molecular weight excluding hydrogens is 447 g/mol. The topological polar surface area (TPSA) is 58.6 Å². The van der Waals surface area contributed by atoms with Crippen LogP contribution in [0.25, 0.3) is 0 Å². The zero-order valence-corrected chi connectivity index (χ0v) is 20.5. The van der Waals surface area contributed by atoms with Gasteiger partial charge in [-0.25, -0.2) is 0 Å². The molecule has 0 radical (unpaired) electrons. The fourth-order valence-corrected chi connectivity index (χ4v) is 3.58. The summed E-state index contributed by atoms with van der Waals surface area (Å²) in [5.41, 5.74) is 0.815. The Morgan fingerprint density at radius 2 is 1.72 bits per heavy atom. The number of halogens is 2. The molecule has 32 heavy (non-hydrogen) atoms. The molecule has 0 unspecified atom stereocenters. The number of hydrogen-bond donors (Lipinski definition) is 1. The van der Waals surface area contributed by atoms with Crippen LogP contribution in [0.15, 0.2) is 48.5 Å². The molecule has 0 spiro atoms. The molecule has 0 fully saturated rings. The summed E-state index contributed by atoms with van der Waals surface area (Å²) < 4.78 is 5.70. The van der Waals surface area contributed by atoms with Gasteiger partial charge in [0.2, 0.25) is 11.8 Å². The first-order valence-corrected chi connectivity index (χ1v) is 11.8. The molecule has 0 saturated heterocycles. The number of carbonyl (C=O) groups is 2. The molecule has 2 aromatic rings. The lowest BCUT2D eigenvalue weighted by Gasteiger charge is -2.31. The minimum absolute atomic E-state index is 0.0431. The van der Waals surface area contributed by atoms with Crippen molar-refractivity contribution in [1.29, 1.82) is 0 Å². The lowest BCUT2D eigenvalue weighted by atomic mass is 10.1. The maximum absolute atomic E-state index is 13.2. The molecule has 2 rings (SSSR count). The van der Waals surface area contributed by atoms with E-state index in [1.54, 1.807) is 35.2 Å². The van der Waals surface area contributed by atoms with Crippen molar-refractivity contribution in [2.24, 2.45) is 0 Å². The summed E-state index contributed by atoms with van der Waals surface area (Å²) in [5, 5.41) is 4.23. The second-order valence-corrected chi connectivity index (χ2v) is 8.60. The van der Waals surface area contributed by atoms with Gasteiger partial charge in [0.25, 0.3) is 0 Å². The van der Waals surface area contributed by atoms with Crippen LogP contribution >= 0.6 is 23.2 Å². The molecule has 0 aliphatic heterocycles. The molecule has 0 saturated carbocycles. The third kappa shape index (κ3) is 8.03. The van der Waals surface area contributed by atoms with Gasteiger partial charge >= 0.3 is 0 Å². The van der Waals surface area contributed by atoms with Crippen molar-refractivity contribution in [3.63, 3.8) is 0 Å². The van der Waals surface area contributed by atoms with Crippen molar-refractivity contribution in [1.82, 2.24) is 10.2 Å². The van der Waals surface area contributed by atoms with Crippen LogP contribution in [0.5, 0.6) is 5.75 Å². The Hall–Kier alpha value is -2.24. The molecule has 0 bridgehead atoms. The van der Waals surface area contributed by atoms with Crippen LogP contribution in [0.2, 0.25) is 10.0 Å². The molecule has 2 amide bonds. The van der Waals surface area contributed by atoms with Crippen molar-refractivity contribution in [2.75, 3.05) is 6.61 Å². The summed E-state index contributed by atoms with van der Waals surface area (Å²) in [6.45, 7) is 6.56. The van der Waals surface area contributed by atoms with Crippen LogP contribution in [-0.4, -0.2) is 35.4 Å². The number of benzene rings is 2. The van der Waals surface area contributed by atoms with Crippen LogP contribution in [0.1, 0.15) is 52.0 Å². The highest BCUT2D eigenvalue weighted by Crippen LogP contribution is 2.21. The van der Waals surface area contributed by atoms with E-state index in [4.69, 9.17) is 27.9 Å². The fraction of sp³-hybridized carbons (Fsp3) is 0.440. The van der Waals surface area contributed by atoms with Gasteiger partial charge in [-0.05, 0) is 62.1 Å². The van der Waals surface area contributed by atoms with E-state index in [-0.39, 0.29) is 30.8 Å². The summed E-state index contributed by atoms with van der Waals surface area (Å²) in [6.07, 6.45) is 2.14. The highest BCUT2D eigenvalue weighted by molar-refractivity contribution is 6.31. The van der Waals surface area contributed by atoms with E-state index in [1.807, 2.05) is 39.0 Å². The van der Waals surface area contributed by atoms with Crippen LogP contribution in [0, 0.1) is 0 Å². The van der Waals surface area contributed by atoms with Gasteiger partial charge in [-0.3, -0.25) is 9.59 Å². The standard InChI is InChI=1S/C25H32Cl2N2O3/c1-4-18(3)28-25(31)23(5-2)29(17-19-9-6-7-10-22(19)27)24(30)11-8-16-32-21-14-12-20(26)13-15-21/h6-7,9-10,12-15,18,23H,4-5,8,11,16-17H2,1-3H3,(H,28,31)/t18-,23+/m0/s1. The van der Waals surface area contributed by atoms with E-state index in [0.29, 0.717) is 35.2 Å². The Balaban J connectivity index is 2.07. The average molecular weight is 479 g/mol. The third-order valence-corrected chi connectivity index (χ3v) is 5.92. The molecule has 2 atom stereocenters. The van der Waals surface area contributed by atoms with Crippen molar-refractivity contribution < 1.29 is 14.3 Å². The van der Waals surface area contributed by atoms with E-state index in [9.17, 15) is 9.59 Å².